The van der Waals surface area contributed by atoms with Crippen LogP contribution in [-0.4, -0.2) is 18.2 Å². The second kappa shape index (κ2) is 7.97. The van der Waals surface area contributed by atoms with E-state index in [0.29, 0.717) is 6.42 Å². The molecule has 2 heteroatoms. The maximum Gasteiger partial charge on any atom is 0.130 e. The van der Waals surface area contributed by atoms with E-state index in [4.69, 9.17) is 0 Å². The Morgan fingerprint density at radius 1 is 0.714 bits per heavy atom. The lowest BCUT2D eigenvalue weighted by molar-refractivity contribution is 0.0400. The normalized spacial score (nSPS) is 12.8. The zero-order valence-corrected chi connectivity index (χ0v) is 16.0. The molecule has 4 aromatic carbocycles. The summed E-state index contributed by atoms with van der Waals surface area (Å²) in [4.78, 5) is 0. The summed E-state index contributed by atoms with van der Waals surface area (Å²) in [7, 11) is 1.92. The van der Waals surface area contributed by atoms with Crippen molar-refractivity contribution in [3.63, 3.8) is 0 Å². The zero-order chi connectivity index (χ0) is 19.4. The number of benzene rings is 4. The van der Waals surface area contributed by atoms with Gasteiger partial charge in [-0.2, -0.15) is 0 Å². The summed E-state index contributed by atoms with van der Waals surface area (Å²) in [6.45, 7) is 0. The fraction of sp³-hybridized carbons (Fsp3) is 0.154. The van der Waals surface area contributed by atoms with Gasteiger partial charge < -0.3 is 10.4 Å². The molecule has 4 aromatic rings. The zero-order valence-electron chi connectivity index (χ0n) is 16.0. The van der Waals surface area contributed by atoms with Gasteiger partial charge in [0.25, 0.3) is 0 Å². The quantitative estimate of drug-likeness (QED) is 0.508. The van der Waals surface area contributed by atoms with Gasteiger partial charge in [0.15, 0.2) is 0 Å². The summed E-state index contributed by atoms with van der Waals surface area (Å²) >= 11 is 0. The van der Waals surface area contributed by atoms with Crippen LogP contribution in [-0.2, 0) is 12.0 Å². The molecular weight excluding hydrogens is 342 g/mol. The smallest absolute Gasteiger partial charge is 0.130 e. The van der Waals surface area contributed by atoms with Crippen LogP contribution in [0.5, 0.6) is 0 Å². The molecule has 4 rings (SSSR count). The van der Waals surface area contributed by atoms with E-state index in [-0.39, 0.29) is 6.04 Å². The fourth-order valence-electron chi connectivity index (χ4n) is 4.10. The van der Waals surface area contributed by atoms with Crippen molar-refractivity contribution in [2.75, 3.05) is 7.05 Å². The van der Waals surface area contributed by atoms with Crippen LogP contribution in [0.15, 0.2) is 103 Å². The Balaban J connectivity index is 1.82. The van der Waals surface area contributed by atoms with Gasteiger partial charge in [-0.05, 0) is 40.9 Å². The van der Waals surface area contributed by atoms with Crippen molar-refractivity contribution in [1.29, 1.82) is 0 Å². The molecular formula is C26H25NO. The Labute approximate surface area is 166 Å². The van der Waals surface area contributed by atoms with E-state index in [1.807, 2.05) is 67.7 Å². The predicted molar refractivity (Wildman–Crippen MR) is 116 cm³/mol. The minimum absolute atomic E-state index is 0.192. The van der Waals surface area contributed by atoms with Crippen LogP contribution in [0.25, 0.3) is 10.8 Å². The van der Waals surface area contributed by atoms with Gasteiger partial charge in [0.2, 0.25) is 0 Å². The average molecular weight is 367 g/mol. The van der Waals surface area contributed by atoms with Crippen molar-refractivity contribution in [2.45, 2.75) is 18.1 Å². The van der Waals surface area contributed by atoms with Gasteiger partial charge in [-0.25, -0.2) is 0 Å². The van der Waals surface area contributed by atoms with E-state index in [1.165, 1.54) is 16.3 Å². The highest BCUT2D eigenvalue weighted by Gasteiger charge is 2.39. The van der Waals surface area contributed by atoms with Crippen LogP contribution >= 0.6 is 0 Å². The van der Waals surface area contributed by atoms with Crippen LogP contribution < -0.4 is 5.32 Å². The number of aliphatic hydroxyl groups is 1. The monoisotopic (exact) mass is 367 g/mol. The number of rotatable bonds is 6. The first-order valence-corrected chi connectivity index (χ1v) is 9.71. The molecule has 0 aromatic heterocycles. The van der Waals surface area contributed by atoms with E-state index in [9.17, 15) is 5.11 Å². The molecule has 0 fully saturated rings. The standard InChI is InChI=1S/C26H25NO/c1-27-25(19-21-13-10-12-20-11-8-9-18-24(20)21)26(28,22-14-4-2-5-15-22)23-16-6-3-7-17-23/h2-18,25,27-28H,19H2,1H3. The first-order valence-electron chi connectivity index (χ1n) is 9.71. The highest BCUT2D eigenvalue weighted by molar-refractivity contribution is 5.85. The molecule has 0 saturated heterocycles. The Kier molecular flexibility index (Phi) is 5.25. The number of nitrogens with one attached hydrogen (secondary N) is 1. The molecule has 0 aliphatic rings. The van der Waals surface area contributed by atoms with Crippen molar-refractivity contribution >= 4 is 10.8 Å². The molecule has 2 nitrogen and oxygen atoms in total. The Hall–Kier alpha value is -2.94. The summed E-state index contributed by atoms with van der Waals surface area (Å²) in [5.74, 6) is 0. The molecule has 0 radical (unpaired) electrons. The summed E-state index contributed by atoms with van der Waals surface area (Å²) in [6, 6.07) is 34.5. The molecule has 140 valence electrons. The number of hydrogen-bond acceptors (Lipinski definition) is 2. The third-order valence-electron chi connectivity index (χ3n) is 5.58. The SMILES string of the molecule is CNC(Cc1cccc2ccccc12)C(O)(c1ccccc1)c1ccccc1. The summed E-state index contributed by atoms with van der Waals surface area (Å²) in [5, 5.41) is 17.9. The molecule has 1 unspecified atom stereocenters. The van der Waals surface area contributed by atoms with E-state index in [2.05, 4.69) is 47.8 Å². The molecule has 2 N–H and O–H groups in total. The third-order valence-corrected chi connectivity index (χ3v) is 5.58. The minimum Gasteiger partial charge on any atom is -0.379 e. The van der Waals surface area contributed by atoms with Gasteiger partial charge in [-0.15, -0.1) is 0 Å². The second-order valence-corrected chi connectivity index (χ2v) is 7.18. The molecule has 0 spiro atoms. The van der Waals surface area contributed by atoms with Crippen LogP contribution in [0.3, 0.4) is 0 Å². The Morgan fingerprint density at radius 2 is 1.25 bits per heavy atom. The molecule has 0 saturated carbocycles. The first-order chi connectivity index (χ1) is 13.7. The lowest BCUT2D eigenvalue weighted by atomic mass is 9.77. The van der Waals surface area contributed by atoms with Gasteiger partial charge >= 0.3 is 0 Å². The van der Waals surface area contributed by atoms with Gasteiger partial charge in [-0.1, -0.05) is 103 Å². The highest BCUT2D eigenvalue weighted by atomic mass is 16.3. The largest absolute Gasteiger partial charge is 0.379 e. The minimum atomic E-state index is -1.14. The van der Waals surface area contributed by atoms with Crippen molar-refractivity contribution in [1.82, 2.24) is 5.32 Å². The van der Waals surface area contributed by atoms with Crippen LogP contribution in [0, 0.1) is 0 Å². The Bertz CT molecular complexity index is 999. The van der Waals surface area contributed by atoms with Crippen molar-refractivity contribution in [2.24, 2.45) is 0 Å². The molecule has 0 aliphatic carbocycles. The maximum atomic E-state index is 12.1. The first kappa shape index (κ1) is 18.4. The van der Waals surface area contributed by atoms with E-state index in [1.54, 1.807) is 0 Å². The lowest BCUT2D eigenvalue weighted by Crippen LogP contribution is -2.49. The molecule has 1 atom stereocenters. The number of likely N-dealkylation sites (N-methyl/N-ethyl adjacent to an activating group) is 1. The van der Waals surface area contributed by atoms with E-state index in [0.717, 1.165) is 11.1 Å². The van der Waals surface area contributed by atoms with Crippen molar-refractivity contribution in [3.8, 4) is 0 Å². The highest BCUT2D eigenvalue weighted by Crippen LogP contribution is 2.35. The molecule has 0 heterocycles. The predicted octanol–water partition coefficient (Wildman–Crippen LogP) is 4.91. The van der Waals surface area contributed by atoms with Crippen LogP contribution in [0.4, 0.5) is 0 Å². The van der Waals surface area contributed by atoms with E-state index < -0.39 is 5.60 Å². The van der Waals surface area contributed by atoms with Crippen LogP contribution in [0.1, 0.15) is 16.7 Å². The summed E-state index contributed by atoms with van der Waals surface area (Å²) in [5.41, 5.74) is 1.86. The summed E-state index contributed by atoms with van der Waals surface area (Å²) in [6.07, 6.45) is 0.706. The van der Waals surface area contributed by atoms with Crippen LogP contribution in [0.2, 0.25) is 0 Å². The lowest BCUT2D eigenvalue weighted by Gasteiger charge is -2.37. The van der Waals surface area contributed by atoms with Crippen molar-refractivity contribution in [3.05, 3.63) is 120 Å². The topological polar surface area (TPSA) is 32.3 Å². The van der Waals surface area contributed by atoms with Gasteiger partial charge in [-0.3, -0.25) is 0 Å². The van der Waals surface area contributed by atoms with Gasteiger partial charge in [0, 0.05) is 6.04 Å². The fourth-order valence-corrected chi connectivity index (χ4v) is 4.10. The molecule has 0 aliphatic heterocycles. The third kappa shape index (κ3) is 3.33. The molecule has 0 bridgehead atoms. The number of fused-ring (bicyclic) bond motifs is 1. The Morgan fingerprint density at radius 3 is 1.86 bits per heavy atom. The van der Waals surface area contributed by atoms with Crippen molar-refractivity contribution < 1.29 is 5.11 Å². The second-order valence-electron chi connectivity index (χ2n) is 7.18. The summed E-state index contributed by atoms with van der Waals surface area (Å²) < 4.78 is 0. The van der Waals surface area contributed by atoms with Gasteiger partial charge in [0.05, 0.1) is 0 Å². The average Bonchev–Trinajstić information content (AvgIpc) is 2.78. The molecule has 28 heavy (non-hydrogen) atoms. The molecule has 0 amide bonds. The van der Waals surface area contributed by atoms with E-state index >= 15 is 0 Å². The van der Waals surface area contributed by atoms with Gasteiger partial charge in [0.1, 0.15) is 5.60 Å². The maximum absolute atomic E-state index is 12.1. The number of hydrogen-bond donors (Lipinski definition) is 2.